The van der Waals surface area contributed by atoms with Crippen LogP contribution in [0, 0.1) is 11.7 Å². The molecule has 2 fully saturated rings. The molecule has 0 spiro atoms. The zero-order chi connectivity index (χ0) is 25.1. The predicted octanol–water partition coefficient (Wildman–Crippen LogP) is 4.11. The highest BCUT2D eigenvalue weighted by atomic mass is 19.1. The lowest BCUT2D eigenvalue weighted by Crippen LogP contribution is -2.51. The van der Waals surface area contributed by atoms with Crippen molar-refractivity contribution in [2.24, 2.45) is 5.92 Å². The maximum Gasteiger partial charge on any atom is 0.272 e. The second kappa shape index (κ2) is 10.5. The van der Waals surface area contributed by atoms with E-state index >= 15 is 0 Å². The number of amides is 2. The summed E-state index contributed by atoms with van der Waals surface area (Å²) in [5.41, 5.74) is -0.451. The van der Waals surface area contributed by atoms with Crippen LogP contribution in [0.2, 0.25) is 0 Å². The van der Waals surface area contributed by atoms with E-state index in [2.05, 4.69) is 10.2 Å². The molecule has 1 aliphatic heterocycles. The van der Waals surface area contributed by atoms with Crippen LogP contribution in [-0.2, 0) is 4.79 Å². The first kappa shape index (κ1) is 24.0. The van der Waals surface area contributed by atoms with Gasteiger partial charge in [-0.1, -0.05) is 31.4 Å². The van der Waals surface area contributed by atoms with Gasteiger partial charge in [-0.05, 0) is 49.1 Å². The molecule has 36 heavy (non-hydrogen) atoms. The van der Waals surface area contributed by atoms with Gasteiger partial charge in [0.2, 0.25) is 11.8 Å². The summed E-state index contributed by atoms with van der Waals surface area (Å²) in [6, 6.07) is 10.8. The summed E-state index contributed by atoms with van der Waals surface area (Å²) >= 11 is 0. The fourth-order valence-corrected chi connectivity index (χ4v) is 5.11. The highest BCUT2D eigenvalue weighted by Crippen LogP contribution is 2.29. The Morgan fingerprint density at radius 1 is 0.972 bits per heavy atom. The van der Waals surface area contributed by atoms with Crippen molar-refractivity contribution in [1.29, 1.82) is 0 Å². The average molecular weight is 493 g/mol. The molecule has 2 amide bonds. The molecular formula is C27H29FN4O4. The number of fused-ring (bicyclic) bond motifs is 1. The zero-order valence-electron chi connectivity index (χ0n) is 20.0. The molecule has 1 saturated carbocycles. The first-order chi connectivity index (χ1) is 17.5. The number of aromatic nitrogens is 2. The van der Waals surface area contributed by atoms with Gasteiger partial charge in [0.15, 0.2) is 0 Å². The van der Waals surface area contributed by atoms with Crippen LogP contribution < -0.4 is 10.3 Å². The summed E-state index contributed by atoms with van der Waals surface area (Å²) in [6.07, 6.45) is 6.46. The van der Waals surface area contributed by atoms with Gasteiger partial charge in [0.05, 0.1) is 16.3 Å². The Bertz CT molecular complexity index is 1330. The van der Waals surface area contributed by atoms with Gasteiger partial charge >= 0.3 is 0 Å². The molecule has 0 bridgehead atoms. The number of halogens is 1. The van der Waals surface area contributed by atoms with Gasteiger partial charge in [-0.3, -0.25) is 14.4 Å². The minimum atomic E-state index is -0.651. The lowest BCUT2D eigenvalue weighted by molar-refractivity contribution is -0.133. The lowest BCUT2D eigenvalue weighted by atomic mass is 9.86. The topological polar surface area (TPSA) is 95.6 Å². The van der Waals surface area contributed by atoms with E-state index in [0.717, 1.165) is 12.8 Å². The number of carbonyl (C=O) groups is 2. The number of hydrogen-bond acceptors (Lipinski definition) is 5. The molecule has 2 heterocycles. The normalized spacial score (nSPS) is 16.8. The number of rotatable bonds is 5. The molecule has 1 saturated heterocycles. The van der Waals surface area contributed by atoms with Crippen LogP contribution in [0.4, 0.5) is 4.39 Å². The molecule has 9 heteroatoms. The van der Waals surface area contributed by atoms with Crippen molar-refractivity contribution in [2.45, 2.75) is 38.5 Å². The first-order valence-corrected chi connectivity index (χ1v) is 12.5. The van der Waals surface area contributed by atoms with Crippen LogP contribution in [0.1, 0.15) is 48.9 Å². The number of carbonyl (C=O) groups excluding carboxylic acids is 2. The van der Waals surface area contributed by atoms with E-state index in [1.54, 1.807) is 29.2 Å². The van der Waals surface area contributed by atoms with Gasteiger partial charge in [0.25, 0.3) is 11.5 Å². The third-order valence-electron chi connectivity index (χ3n) is 7.15. The number of aromatic amines is 1. The third-order valence-corrected chi connectivity index (χ3v) is 7.15. The molecule has 0 atom stereocenters. The number of piperazine rings is 1. The highest BCUT2D eigenvalue weighted by molar-refractivity contribution is 5.95. The fourth-order valence-electron chi connectivity index (χ4n) is 5.11. The lowest BCUT2D eigenvalue weighted by Gasteiger charge is -2.35. The van der Waals surface area contributed by atoms with Crippen molar-refractivity contribution in [3.63, 3.8) is 0 Å². The zero-order valence-corrected chi connectivity index (χ0v) is 20.0. The van der Waals surface area contributed by atoms with Crippen molar-refractivity contribution < 1.29 is 18.7 Å². The summed E-state index contributed by atoms with van der Waals surface area (Å²) in [5.74, 6) is -0.0990. The Morgan fingerprint density at radius 3 is 2.42 bits per heavy atom. The fraction of sp³-hybridized carbons (Fsp3) is 0.407. The average Bonchev–Trinajstić information content (AvgIpc) is 2.92. The largest absolute Gasteiger partial charge is 0.437 e. The van der Waals surface area contributed by atoms with Gasteiger partial charge in [0, 0.05) is 32.6 Å². The molecule has 188 valence electrons. The maximum atomic E-state index is 14.7. The Kier molecular flexibility index (Phi) is 6.97. The Labute approximate surface area is 208 Å². The summed E-state index contributed by atoms with van der Waals surface area (Å²) in [6.45, 7) is 1.60. The standard InChI is InChI=1S/C27H29FN4O4/c28-23-11-10-19(36-26-21-9-5-4-8-20(21)25(34)29-30-26)17-22(23)27(35)32-14-12-31(13-15-32)24(33)16-18-6-2-1-3-7-18/h4-5,8-11,17-18H,1-3,6-7,12-16H2,(H,29,34). The van der Waals surface area contributed by atoms with Crippen LogP contribution in [0.25, 0.3) is 10.8 Å². The van der Waals surface area contributed by atoms with E-state index in [0.29, 0.717) is 49.3 Å². The Balaban J connectivity index is 1.25. The molecule has 8 nitrogen and oxygen atoms in total. The number of H-pyrrole nitrogens is 1. The van der Waals surface area contributed by atoms with Gasteiger partial charge < -0.3 is 14.5 Å². The second-order valence-electron chi connectivity index (χ2n) is 9.53. The van der Waals surface area contributed by atoms with E-state index in [1.165, 1.54) is 37.5 Å². The van der Waals surface area contributed by atoms with Gasteiger partial charge in [-0.15, -0.1) is 5.10 Å². The Hall–Kier alpha value is -3.75. The molecule has 0 radical (unpaired) electrons. The number of nitrogens with zero attached hydrogens (tertiary/aromatic N) is 3. The summed E-state index contributed by atoms with van der Waals surface area (Å²) < 4.78 is 20.5. The van der Waals surface area contributed by atoms with Crippen LogP contribution in [0.15, 0.2) is 47.3 Å². The number of hydrogen-bond donors (Lipinski definition) is 1. The predicted molar refractivity (Wildman–Crippen MR) is 133 cm³/mol. The molecule has 1 aliphatic carbocycles. The molecule has 2 aromatic carbocycles. The summed E-state index contributed by atoms with van der Waals surface area (Å²) in [5, 5.41) is 7.28. The smallest absolute Gasteiger partial charge is 0.272 e. The number of nitrogens with one attached hydrogen (secondary N) is 1. The molecule has 1 N–H and O–H groups in total. The minimum Gasteiger partial charge on any atom is -0.437 e. The van der Waals surface area contributed by atoms with Crippen LogP contribution >= 0.6 is 0 Å². The number of benzene rings is 2. The molecule has 1 aromatic heterocycles. The van der Waals surface area contributed by atoms with Gasteiger partial charge in [-0.25, -0.2) is 9.49 Å². The van der Waals surface area contributed by atoms with Gasteiger partial charge in [0.1, 0.15) is 11.6 Å². The quantitative estimate of drug-likeness (QED) is 0.578. The van der Waals surface area contributed by atoms with Crippen LogP contribution in [0.3, 0.4) is 0 Å². The highest BCUT2D eigenvalue weighted by Gasteiger charge is 2.28. The summed E-state index contributed by atoms with van der Waals surface area (Å²) in [4.78, 5) is 41.3. The minimum absolute atomic E-state index is 0.108. The van der Waals surface area contributed by atoms with Crippen molar-refractivity contribution in [2.75, 3.05) is 26.2 Å². The van der Waals surface area contributed by atoms with E-state index in [9.17, 15) is 18.8 Å². The van der Waals surface area contributed by atoms with Gasteiger partial charge in [-0.2, -0.15) is 0 Å². The third kappa shape index (κ3) is 5.10. The van der Waals surface area contributed by atoms with E-state index in [-0.39, 0.29) is 28.7 Å². The maximum absolute atomic E-state index is 14.7. The van der Waals surface area contributed by atoms with Crippen molar-refractivity contribution in [3.8, 4) is 11.6 Å². The van der Waals surface area contributed by atoms with Crippen molar-refractivity contribution in [1.82, 2.24) is 20.0 Å². The van der Waals surface area contributed by atoms with Crippen LogP contribution in [-0.4, -0.2) is 58.0 Å². The van der Waals surface area contributed by atoms with Crippen molar-refractivity contribution in [3.05, 3.63) is 64.2 Å². The molecular weight excluding hydrogens is 463 g/mol. The van der Waals surface area contributed by atoms with Crippen LogP contribution in [0.5, 0.6) is 11.6 Å². The number of ether oxygens (including phenoxy) is 1. The molecule has 0 unspecified atom stereocenters. The van der Waals surface area contributed by atoms with E-state index in [4.69, 9.17) is 4.74 Å². The van der Waals surface area contributed by atoms with E-state index < -0.39 is 11.7 Å². The second-order valence-corrected chi connectivity index (χ2v) is 9.53. The first-order valence-electron chi connectivity index (χ1n) is 12.5. The molecule has 2 aliphatic rings. The molecule has 5 rings (SSSR count). The summed E-state index contributed by atoms with van der Waals surface area (Å²) in [7, 11) is 0. The van der Waals surface area contributed by atoms with E-state index in [1.807, 2.05) is 4.90 Å². The molecule has 3 aromatic rings. The Morgan fingerprint density at radius 2 is 1.67 bits per heavy atom. The van der Waals surface area contributed by atoms with Crippen molar-refractivity contribution >= 4 is 22.6 Å². The SMILES string of the molecule is O=C(CC1CCCCC1)N1CCN(C(=O)c2cc(Oc3n[nH]c(=O)c4ccccc34)ccc2F)CC1. The monoisotopic (exact) mass is 492 g/mol.